The van der Waals surface area contributed by atoms with Gasteiger partial charge in [0.25, 0.3) is 10.0 Å². The number of sulfonamides is 1. The van der Waals surface area contributed by atoms with Gasteiger partial charge in [-0.1, -0.05) is 0 Å². The van der Waals surface area contributed by atoms with Crippen molar-refractivity contribution in [1.82, 2.24) is 0 Å². The minimum absolute atomic E-state index is 3.27. The average molecular weight is 599 g/mol. The molecule has 0 spiro atoms. The van der Waals surface area contributed by atoms with Crippen LogP contribution >= 0.6 is 0 Å². The molecule has 0 amide bonds. The highest BCUT2D eigenvalue weighted by molar-refractivity contribution is 7.90. The van der Waals surface area contributed by atoms with E-state index in [-0.39, 0.29) is 0 Å². The Kier molecular flexibility index (Phi) is 7.38. The number of rotatable bonds is 9. The van der Waals surface area contributed by atoms with E-state index >= 15 is 0 Å². The van der Waals surface area contributed by atoms with Crippen LogP contribution in [0.4, 0.5) is 92.2 Å². The number of nitrogens with two attached hydrogens (primary N) is 1. The molecule has 0 aromatic heterocycles. The lowest BCUT2D eigenvalue weighted by molar-refractivity contribution is -0.472. The maximum atomic E-state index is 13.3. The van der Waals surface area contributed by atoms with Crippen molar-refractivity contribution in [3.05, 3.63) is 0 Å². The van der Waals surface area contributed by atoms with Gasteiger partial charge in [-0.25, -0.2) is 13.6 Å². The average Bonchev–Trinajstić information content (AvgIpc) is 2.58. The van der Waals surface area contributed by atoms with Gasteiger partial charge in [0.15, 0.2) is 0 Å². The zero-order valence-electron chi connectivity index (χ0n) is 14.7. The lowest BCUT2D eigenvalue weighted by Crippen LogP contribution is -2.77. The fraction of sp³-hybridized carbons (Fsp3) is 1.00. The van der Waals surface area contributed by atoms with Crippen LogP contribution in [0.15, 0.2) is 0 Å². The van der Waals surface area contributed by atoms with Crippen LogP contribution in [0, 0.1) is 0 Å². The molecule has 0 atom stereocenters. The molecule has 0 aliphatic rings. The monoisotopic (exact) mass is 599 g/mol. The molecule has 0 unspecified atom stereocenters. The van der Waals surface area contributed by atoms with Crippen LogP contribution in [0.1, 0.15) is 0 Å². The van der Waals surface area contributed by atoms with Crippen LogP contribution < -0.4 is 5.14 Å². The number of hydrogen-bond donors (Lipinski definition) is 1. The lowest BCUT2D eigenvalue weighted by Gasteiger charge is -2.44. The molecule has 3 nitrogen and oxygen atoms in total. The van der Waals surface area contributed by atoms with Crippen molar-refractivity contribution in [1.29, 1.82) is 0 Å². The number of hydrogen-bond acceptors (Lipinski definition) is 2. The van der Waals surface area contributed by atoms with E-state index in [4.69, 9.17) is 0 Å². The van der Waals surface area contributed by atoms with Crippen molar-refractivity contribution in [3.63, 3.8) is 0 Å². The third-order valence-corrected chi connectivity index (χ3v) is 4.81. The molecule has 0 rings (SSSR count). The maximum Gasteiger partial charge on any atom is 0.460 e. The second kappa shape index (κ2) is 7.72. The lowest BCUT2D eigenvalue weighted by atomic mass is 9.87. The van der Waals surface area contributed by atoms with Crippen molar-refractivity contribution in [2.75, 3.05) is 0 Å². The zero-order chi connectivity index (χ0) is 29.5. The Balaban J connectivity index is 7.21. The topological polar surface area (TPSA) is 60.2 Å². The predicted molar refractivity (Wildman–Crippen MR) is 63.7 cm³/mol. The van der Waals surface area contributed by atoms with E-state index < -0.39 is 68.8 Å². The molecular weight excluding hydrogens is 597 g/mol. The number of primary sulfonamides is 1. The Bertz CT molecular complexity index is 915. The smallest absolute Gasteiger partial charge is 0.223 e. The molecule has 0 saturated heterocycles. The van der Waals surface area contributed by atoms with E-state index in [0.717, 1.165) is 0 Å². The third-order valence-electron chi connectivity index (χ3n) is 3.84. The van der Waals surface area contributed by atoms with Crippen molar-refractivity contribution >= 4 is 10.0 Å². The van der Waals surface area contributed by atoms with Gasteiger partial charge in [-0.05, 0) is 0 Å². The van der Waals surface area contributed by atoms with E-state index in [1.165, 1.54) is 0 Å². The van der Waals surface area contributed by atoms with E-state index in [2.05, 4.69) is 5.14 Å². The predicted octanol–water partition coefficient (Wildman–Crippen LogP) is 5.51. The standard InChI is InChI=1S/C10H2F21NO2S/c11-1(12,3(15,16)5(19,20)7(23,24)9(27,28)29)2(13,14)4(17,18)6(21,22)8(25,26)10(30,31)35(32,33)34/h(H2,32,33,34). The first kappa shape index (κ1) is 33.4. The highest BCUT2D eigenvalue weighted by atomic mass is 32.2. The Hall–Kier alpha value is -1.56. The van der Waals surface area contributed by atoms with Gasteiger partial charge in [0, 0.05) is 0 Å². The highest BCUT2D eigenvalue weighted by Crippen LogP contribution is 2.66. The molecule has 35 heavy (non-hydrogen) atoms. The summed E-state index contributed by atoms with van der Waals surface area (Å²) in [5.74, 6) is -72.2. The molecule has 0 saturated carbocycles. The molecule has 0 aromatic carbocycles. The highest BCUT2D eigenvalue weighted by Gasteiger charge is 2.98. The summed E-state index contributed by atoms with van der Waals surface area (Å²) in [6.45, 7) is 0. The third kappa shape index (κ3) is 3.84. The first-order chi connectivity index (χ1) is 14.5. The summed E-state index contributed by atoms with van der Waals surface area (Å²) in [6.07, 6.45) is -8.07. The molecule has 0 bridgehead atoms. The van der Waals surface area contributed by atoms with Crippen molar-refractivity contribution in [2.45, 2.75) is 58.8 Å². The summed E-state index contributed by atoms with van der Waals surface area (Å²) >= 11 is 0. The van der Waals surface area contributed by atoms with Gasteiger partial charge in [0.2, 0.25) is 0 Å². The molecule has 25 heteroatoms. The molecule has 2 N–H and O–H groups in total. The van der Waals surface area contributed by atoms with Gasteiger partial charge >= 0.3 is 58.8 Å². The Morgan fingerprint density at radius 1 is 0.343 bits per heavy atom. The van der Waals surface area contributed by atoms with Crippen LogP contribution in [-0.4, -0.2) is 67.2 Å². The molecule has 0 aliphatic carbocycles. The Morgan fingerprint density at radius 3 is 0.686 bits per heavy atom. The SMILES string of the molecule is NS(=O)(=O)C(F)(F)C(F)(F)C(F)(F)C(F)(F)C(F)(F)C(F)(F)C(F)(F)C(F)(F)C(F)(F)C(F)(F)F. The molecule has 0 heterocycles. The zero-order valence-corrected chi connectivity index (χ0v) is 15.6. The second-order valence-corrected chi connectivity index (χ2v) is 7.76. The van der Waals surface area contributed by atoms with Crippen molar-refractivity contribution < 1.29 is 101 Å². The van der Waals surface area contributed by atoms with Gasteiger partial charge in [0.05, 0.1) is 0 Å². The van der Waals surface area contributed by atoms with Crippen molar-refractivity contribution in [2.24, 2.45) is 5.14 Å². The number of halogens is 21. The molecule has 0 aromatic rings. The van der Waals surface area contributed by atoms with Crippen LogP contribution in [0.25, 0.3) is 0 Å². The first-order valence-electron chi connectivity index (χ1n) is 6.99. The van der Waals surface area contributed by atoms with E-state index in [1.807, 2.05) is 0 Å². The Labute approximate surface area is 176 Å². The quantitative estimate of drug-likeness (QED) is 0.356. The van der Waals surface area contributed by atoms with E-state index in [0.29, 0.717) is 0 Å². The second-order valence-electron chi connectivity index (χ2n) is 6.15. The summed E-state index contributed by atoms with van der Waals surface area (Å²) in [5, 5.41) is -4.57. The summed E-state index contributed by atoms with van der Waals surface area (Å²) in [4.78, 5) is 0. The minimum Gasteiger partial charge on any atom is -0.223 e. The summed E-state index contributed by atoms with van der Waals surface area (Å²) < 4.78 is 292. The van der Waals surface area contributed by atoms with Crippen LogP contribution in [0.5, 0.6) is 0 Å². The molecule has 212 valence electrons. The first-order valence-corrected chi connectivity index (χ1v) is 8.54. The molecule has 0 aliphatic heterocycles. The fourth-order valence-corrected chi connectivity index (χ4v) is 2.21. The van der Waals surface area contributed by atoms with E-state index in [9.17, 15) is 101 Å². The van der Waals surface area contributed by atoms with Gasteiger partial charge in [-0.15, -0.1) is 0 Å². The minimum atomic E-state index is -9.34. The van der Waals surface area contributed by atoms with Gasteiger partial charge in [-0.2, -0.15) is 92.2 Å². The van der Waals surface area contributed by atoms with Crippen LogP contribution in [0.3, 0.4) is 0 Å². The summed E-state index contributed by atoms with van der Waals surface area (Å²) in [6, 6.07) is 0. The fourth-order valence-electron chi connectivity index (χ4n) is 1.72. The van der Waals surface area contributed by atoms with E-state index in [1.54, 1.807) is 0 Å². The van der Waals surface area contributed by atoms with Gasteiger partial charge in [-0.3, -0.25) is 0 Å². The van der Waals surface area contributed by atoms with Crippen molar-refractivity contribution in [3.8, 4) is 0 Å². The molecule has 0 radical (unpaired) electrons. The van der Waals surface area contributed by atoms with Crippen LogP contribution in [0.2, 0.25) is 0 Å². The maximum absolute atomic E-state index is 13.3. The largest absolute Gasteiger partial charge is 0.460 e. The van der Waals surface area contributed by atoms with Crippen LogP contribution in [-0.2, 0) is 10.0 Å². The van der Waals surface area contributed by atoms with Gasteiger partial charge < -0.3 is 0 Å². The number of alkyl halides is 21. The molecule has 0 fully saturated rings. The Morgan fingerprint density at radius 2 is 0.514 bits per heavy atom. The normalized spacial score (nSPS) is 17.1. The molecular formula is C10H2F21NO2S. The van der Waals surface area contributed by atoms with Gasteiger partial charge in [0.1, 0.15) is 0 Å². The summed E-state index contributed by atoms with van der Waals surface area (Å²) in [5.41, 5.74) is 0. The summed E-state index contributed by atoms with van der Waals surface area (Å²) in [7, 11) is -7.59.